The molecule has 2 fully saturated rings. The largest absolute Gasteiger partial charge is 0.330 e. The van der Waals surface area contributed by atoms with Crippen LogP contribution in [0.25, 0.3) is 0 Å². The molecule has 1 aromatic heterocycles. The van der Waals surface area contributed by atoms with Crippen LogP contribution in [0.1, 0.15) is 53.8 Å². The molecular weight excluding hydrogens is 338 g/mol. The highest BCUT2D eigenvalue weighted by Gasteiger charge is 2.32. The molecule has 1 aromatic carbocycles. The van der Waals surface area contributed by atoms with Crippen LogP contribution in [0.4, 0.5) is 0 Å². The van der Waals surface area contributed by atoms with Gasteiger partial charge in [0.15, 0.2) is 5.69 Å². The maximum absolute atomic E-state index is 12.9. The van der Waals surface area contributed by atoms with Crippen LogP contribution in [-0.2, 0) is 0 Å². The Morgan fingerprint density at radius 3 is 2.64 bits per heavy atom. The molecule has 6 nitrogen and oxygen atoms in total. The molecule has 2 saturated heterocycles. The lowest BCUT2D eigenvalue weighted by Gasteiger charge is -2.24. The number of hydrogen-bond donors (Lipinski definition) is 1. The standard InChI is InChI=1S/C18H23N5O.ClH/c24-18(16-13-23(21-20-16)15-8-10-19-11-9-15)22-12-4-7-17(22)14-5-2-1-3-6-14;/h1-3,5-6,13,15,17,19H,4,7-12H2;1H. The topological polar surface area (TPSA) is 63.1 Å². The van der Waals surface area contributed by atoms with Gasteiger partial charge in [-0.1, -0.05) is 35.5 Å². The fourth-order valence-corrected chi connectivity index (χ4v) is 3.80. The van der Waals surface area contributed by atoms with Gasteiger partial charge < -0.3 is 10.2 Å². The van der Waals surface area contributed by atoms with Gasteiger partial charge in [0, 0.05) is 6.54 Å². The van der Waals surface area contributed by atoms with Crippen molar-refractivity contribution in [1.82, 2.24) is 25.2 Å². The average Bonchev–Trinajstić information content (AvgIpc) is 3.32. The summed E-state index contributed by atoms with van der Waals surface area (Å²) in [4.78, 5) is 14.9. The molecular formula is C18H24ClN5O. The number of benzene rings is 1. The molecule has 2 aromatic rings. The maximum atomic E-state index is 12.9. The van der Waals surface area contributed by atoms with Gasteiger partial charge >= 0.3 is 0 Å². The highest BCUT2D eigenvalue weighted by molar-refractivity contribution is 5.92. The minimum absolute atomic E-state index is 0. The van der Waals surface area contributed by atoms with Gasteiger partial charge in [-0.05, 0) is 44.3 Å². The van der Waals surface area contributed by atoms with Crippen molar-refractivity contribution in [2.75, 3.05) is 19.6 Å². The van der Waals surface area contributed by atoms with E-state index >= 15 is 0 Å². The Bertz CT molecular complexity index is 699. The number of carbonyl (C=O) groups is 1. The predicted molar refractivity (Wildman–Crippen MR) is 97.9 cm³/mol. The number of aromatic nitrogens is 3. The van der Waals surface area contributed by atoms with Crippen molar-refractivity contribution in [2.24, 2.45) is 0 Å². The Hall–Kier alpha value is -1.92. The number of amides is 1. The number of rotatable bonds is 3. The van der Waals surface area contributed by atoms with E-state index in [2.05, 4.69) is 27.8 Å². The first-order valence-corrected chi connectivity index (χ1v) is 8.81. The summed E-state index contributed by atoms with van der Waals surface area (Å²) in [5.74, 6) is 0.00142. The van der Waals surface area contributed by atoms with Crippen LogP contribution < -0.4 is 5.32 Å². The smallest absolute Gasteiger partial charge is 0.276 e. The minimum atomic E-state index is 0. The number of likely N-dealkylation sites (tertiary alicyclic amines) is 1. The van der Waals surface area contributed by atoms with Crippen LogP contribution in [0.15, 0.2) is 36.5 Å². The molecule has 0 spiro atoms. The number of halogens is 1. The summed E-state index contributed by atoms with van der Waals surface area (Å²) in [6.07, 6.45) is 5.95. The molecule has 2 aliphatic rings. The molecule has 1 N–H and O–H groups in total. The van der Waals surface area contributed by atoms with Crippen LogP contribution in [0, 0.1) is 0 Å². The van der Waals surface area contributed by atoms with Crippen LogP contribution in [0.5, 0.6) is 0 Å². The average molecular weight is 362 g/mol. The van der Waals surface area contributed by atoms with Crippen molar-refractivity contribution < 1.29 is 4.79 Å². The van der Waals surface area contributed by atoms with Gasteiger partial charge in [0.2, 0.25) is 0 Å². The zero-order valence-electron chi connectivity index (χ0n) is 14.2. The van der Waals surface area contributed by atoms with E-state index in [1.54, 1.807) is 0 Å². The SMILES string of the molecule is Cl.O=C(c1cn(C2CCNCC2)nn1)N1CCCC1c1ccccc1. The zero-order valence-corrected chi connectivity index (χ0v) is 15.0. The van der Waals surface area contributed by atoms with Gasteiger partial charge in [-0.25, -0.2) is 4.68 Å². The summed E-state index contributed by atoms with van der Waals surface area (Å²) >= 11 is 0. The normalized spacial score (nSPS) is 21.1. The number of hydrogen-bond acceptors (Lipinski definition) is 4. The third kappa shape index (κ3) is 3.70. The Balaban J connectivity index is 0.00000182. The summed E-state index contributed by atoms with van der Waals surface area (Å²) in [5, 5.41) is 11.7. The second kappa shape index (κ2) is 7.97. The van der Waals surface area contributed by atoms with Crippen molar-refractivity contribution >= 4 is 18.3 Å². The second-order valence-electron chi connectivity index (χ2n) is 6.63. The monoisotopic (exact) mass is 361 g/mol. The summed E-state index contributed by atoms with van der Waals surface area (Å²) in [6, 6.07) is 10.8. The van der Waals surface area contributed by atoms with E-state index in [1.807, 2.05) is 34.0 Å². The Labute approximate surface area is 154 Å². The molecule has 1 atom stereocenters. The van der Waals surface area contributed by atoms with Gasteiger partial charge in [0.25, 0.3) is 5.91 Å². The van der Waals surface area contributed by atoms with Gasteiger partial charge in [-0.2, -0.15) is 0 Å². The number of nitrogens with zero attached hydrogens (tertiary/aromatic N) is 4. The molecule has 0 radical (unpaired) electrons. The van der Waals surface area contributed by atoms with E-state index in [-0.39, 0.29) is 24.4 Å². The van der Waals surface area contributed by atoms with Crippen molar-refractivity contribution in [3.8, 4) is 0 Å². The summed E-state index contributed by atoms with van der Waals surface area (Å²) < 4.78 is 1.88. The van der Waals surface area contributed by atoms with E-state index in [0.717, 1.165) is 45.3 Å². The van der Waals surface area contributed by atoms with Crippen molar-refractivity contribution in [3.05, 3.63) is 47.8 Å². The van der Waals surface area contributed by atoms with Gasteiger partial charge in [0.1, 0.15) is 0 Å². The van der Waals surface area contributed by atoms with Crippen molar-refractivity contribution in [2.45, 2.75) is 37.8 Å². The molecule has 0 saturated carbocycles. The highest BCUT2D eigenvalue weighted by Crippen LogP contribution is 2.32. The van der Waals surface area contributed by atoms with Gasteiger partial charge in [0.05, 0.1) is 18.3 Å². The lowest BCUT2D eigenvalue weighted by atomic mass is 10.0. The summed E-state index contributed by atoms with van der Waals surface area (Å²) in [7, 11) is 0. The highest BCUT2D eigenvalue weighted by atomic mass is 35.5. The van der Waals surface area contributed by atoms with Crippen molar-refractivity contribution in [1.29, 1.82) is 0 Å². The van der Waals surface area contributed by atoms with Crippen LogP contribution >= 0.6 is 12.4 Å². The third-order valence-corrected chi connectivity index (χ3v) is 5.11. The molecule has 0 bridgehead atoms. The first-order valence-electron chi connectivity index (χ1n) is 8.81. The van der Waals surface area contributed by atoms with Crippen LogP contribution in [0.3, 0.4) is 0 Å². The van der Waals surface area contributed by atoms with Crippen molar-refractivity contribution in [3.63, 3.8) is 0 Å². The van der Waals surface area contributed by atoms with E-state index in [0.29, 0.717) is 11.7 Å². The maximum Gasteiger partial charge on any atom is 0.276 e. The summed E-state index contributed by atoms with van der Waals surface area (Å²) in [6.45, 7) is 2.78. The minimum Gasteiger partial charge on any atom is -0.330 e. The van der Waals surface area contributed by atoms with E-state index in [4.69, 9.17) is 0 Å². The van der Waals surface area contributed by atoms with E-state index < -0.39 is 0 Å². The molecule has 1 unspecified atom stereocenters. The van der Waals surface area contributed by atoms with E-state index in [1.165, 1.54) is 5.56 Å². The third-order valence-electron chi connectivity index (χ3n) is 5.11. The molecule has 4 rings (SSSR count). The lowest BCUT2D eigenvalue weighted by molar-refractivity contribution is 0.0729. The molecule has 1 amide bonds. The van der Waals surface area contributed by atoms with Gasteiger partial charge in [-0.15, -0.1) is 17.5 Å². The summed E-state index contributed by atoms with van der Waals surface area (Å²) in [5.41, 5.74) is 1.67. The number of piperidine rings is 1. The molecule has 25 heavy (non-hydrogen) atoms. The second-order valence-corrected chi connectivity index (χ2v) is 6.63. The number of carbonyl (C=O) groups excluding carboxylic acids is 1. The molecule has 2 aliphatic heterocycles. The fourth-order valence-electron chi connectivity index (χ4n) is 3.80. The zero-order chi connectivity index (χ0) is 16.4. The molecule has 7 heteroatoms. The first kappa shape index (κ1) is 17.9. The Kier molecular flexibility index (Phi) is 5.71. The quantitative estimate of drug-likeness (QED) is 0.912. The molecule has 3 heterocycles. The van der Waals surface area contributed by atoms with Gasteiger partial charge in [-0.3, -0.25) is 4.79 Å². The Morgan fingerprint density at radius 2 is 1.88 bits per heavy atom. The molecule has 134 valence electrons. The van der Waals surface area contributed by atoms with E-state index in [9.17, 15) is 4.79 Å². The number of nitrogens with one attached hydrogen (secondary N) is 1. The lowest BCUT2D eigenvalue weighted by Crippen LogP contribution is -2.31. The molecule has 0 aliphatic carbocycles. The first-order chi connectivity index (χ1) is 11.8. The predicted octanol–water partition coefficient (Wildman–Crippen LogP) is 2.60. The van der Waals surface area contributed by atoms with Crippen LogP contribution in [-0.4, -0.2) is 45.4 Å². The van der Waals surface area contributed by atoms with Crippen LogP contribution in [0.2, 0.25) is 0 Å². The Morgan fingerprint density at radius 1 is 1.12 bits per heavy atom. The fraction of sp³-hybridized carbons (Fsp3) is 0.500.